The molecule has 1 saturated carbocycles. The Labute approximate surface area is 101 Å². The van der Waals surface area contributed by atoms with Gasteiger partial charge in [0.25, 0.3) is 0 Å². The average molecular weight is 240 g/mol. The van der Waals surface area contributed by atoms with Crippen molar-refractivity contribution in [1.29, 1.82) is 0 Å². The second kappa shape index (κ2) is 5.70. The van der Waals surface area contributed by atoms with Crippen LogP contribution in [0.1, 0.15) is 39.0 Å². The largest absolute Gasteiger partial charge is 0.481 e. The van der Waals surface area contributed by atoms with Gasteiger partial charge in [0.15, 0.2) is 0 Å². The van der Waals surface area contributed by atoms with Crippen LogP contribution in [-0.4, -0.2) is 28.7 Å². The Balaban J connectivity index is 2.57. The highest BCUT2D eigenvalue weighted by atomic mass is 16.4. The number of nitrogens with one attached hydrogen (secondary N) is 2. The lowest BCUT2D eigenvalue weighted by molar-refractivity contribution is -0.138. The summed E-state index contributed by atoms with van der Waals surface area (Å²) in [5.41, 5.74) is -0.573. The minimum atomic E-state index is -0.871. The Bertz CT molecular complexity index is 309. The van der Waals surface area contributed by atoms with E-state index in [1.165, 1.54) is 0 Å². The zero-order valence-electron chi connectivity index (χ0n) is 10.2. The standard InChI is InChI=1S/C12H20N2O3/c1-3-9(2)13-11(17)14-12(8-10(15)16)6-4-5-7-12/h3,9H,1,4-8H2,2H3,(H,15,16)(H2,13,14,17). The number of carboxylic acids is 1. The van der Waals surface area contributed by atoms with Crippen LogP contribution in [0, 0.1) is 0 Å². The maximum Gasteiger partial charge on any atom is 0.315 e. The maximum absolute atomic E-state index is 11.7. The van der Waals surface area contributed by atoms with E-state index in [0.29, 0.717) is 0 Å². The lowest BCUT2D eigenvalue weighted by Crippen LogP contribution is -2.53. The molecule has 1 rings (SSSR count). The van der Waals surface area contributed by atoms with E-state index < -0.39 is 11.5 Å². The molecule has 1 aliphatic rings. The van der Waals surface area contributed by atoms with Crippen molar-refractivity contribution in [2.75, 3.05) is 0 Å². The fourth-order valence-corrected chi connectivity index (χ4v) is 2.23. The summed E-state index contributed by atoms with van der Waals surface area (Å²) >= 11 is 0. The van der Waals surface area contributed by atoms with Gasteiger partial charge in [-0.25, -0.2) is 4.79 Å². The van der Waals surface area contributed by atoms with Gasteiger partial charge in [-0.1, -0.05) is 18.9 Å². The highest BCUT2D eigenvalue weighted by Gasteiger charge is 2.37. The third kappa shape index (κ3) is 4.09. The Morgan fingerprint density at radius 2 is 2.06 bits per heavy atom. The first-order valence-corrected chi connectivity index (χ1v) is 5.90. The van der Waals surface area contributed by atoms with E-state index in [0.717, 1.165) is 25.7 Å². The molecule has 0 heterocycles. The van der Waals surface area contributed by atoms with Gasteiger partial charge in [0.2, 0.25) is 0 Å². The lowest BCUT2D eigenvalue weighted by atomic mass is 9.93. The molecule has 17 heavy (non-hydrogen) atoms. The predicted molar refractivity (Wildman–Crippen MR) is 64.8 cm³/mol. The highest BCUT2D eigenvalue weighted by Crippen LogP contribution is 2.32. The number of amides is 2. The fourth-order valence-electron chi connectivity index (χ4n) is 2.23. The summed E-state index contributed by atoms with van der Waals surface area (Å²) in [6.45, 7) is 5.39. The summed E-state index contributed by atoms with van der Waals surface area (Å²) in [5, 5.41) is 14.4. The van der Waals surface area contributed by atoms with Gasteiger partial charge in [-0.05, 0) is 19.8 Å². The normalized spacial score (nSPS) is 19.4. The summed E-state index contributed by atoms with van der Waals surface area (Å²) in [5.74, 6) is -0.871. The Morgan fingerprint density at radius 1 is 1.47 bits per heavy atom. The van der Waals surface area contributed by atoms with E-state index in [1.54, 1.807) is 6.08 Å². The third-order valence-corrected chi connectivity index (χ3v) is 3.14. The monoisotopic (exact) mass is 240 g/mol. The van der Waals surface area contributed by atoms with Gasteiger partial charge in [-0.3, -0.25) is 4.79 Å². The van der Waals surface area contributed by atoms with E-state index in [9.17, 15) is 9.59 Å². The number of urea groups is 1. The average Bonchev–Trinajstić information content (AvgIpc) is 2.64. The maximum atomic E-state index is 11.7. The van der Waals surface area contributed by atoms with Crippen molar-refractivity contribution in [3.05, 3.63) is 12.7 Å². The number of aliphatic carboxylic acids is 1. The molecule has 1 fully saturated rings. The minimum Gasteiger partial charge on any atom is -0.481 e. The summed E-state index contributed by atoms with van der Waals surface area (Å²) < 4.78 is 0. The van der Waals surface area contributed by atoms with Crippen LogP contribution in [0.4, 0.5) is 4.79 Å². The molecule has 0 aliphatic heterocycles. The number of hydrogen-bond donors (Lipinski definition) is 3. The van der Waals surface area contributed by atoms with Crippen LogP contribution in [0.25, 0.3) is 0 Å². The Morgan fingerprint density at radius 3 is 2.53 bits per heavy atom. The quantitative estimate of drug-likeness (QED) is 0.639. The van der Waals surface area contributed by atoms with E-state index in [1.807, 2.05) is 6.92 Å². The van der Waals surface area contributed by atoms with Gasteiger partial charge in [-0.2, -0.15) is 0 Å². The van der Waals surface area contributed by atoms with Crippen LogP contribution in [0.5, 0.6) is 0 Å². The molecule has 0 aromatic heterocycles. The number of carboxylic acid groups (broad SMARTS) is 1. The molecule has 2 amide bonds. The predicted octanol–water partition coefficient (Wildman–Crippen LogP) is 1.65. The lowest BCUT2D eigenvalue weighted by Gasteiger charge is -2.29. The molecule has 96 valence electrons. The van der Waals surface area contributed by atoms with E-state index in [2.05, 4.69) is 17.2 Å². The van der Waals surface area contributed by atoms with E-state index in [4.69, 9.17) is 5.11 Å². The third-order valence-electron chi connectivity index (χ3n) is 3.14. The first-order chi connectivity index (χ1) is 7.97. The first-order valence-electron chi connectivity index (χ1n) is 5.90. The van der Waals surface area contributed by atoms with E-state index >= 15 is 0 Å². The van der Waals surface area contributed by atoms with Crippen molar-refractivity contribution >= 4 is 12.0 Å². The van der Waals surface area contributed by atoms with Crippen LogP contribution >= 0.6 is 0 Å². The summed E-state index contributed by atoms with van der Waals surface area (Å²) in [7, 11) is 0. The number of hydrogen-bond acceptors (Lipinski definition) is 2. The van der Waals surface area contributed by atoms with Gasteiger partial charge >= 0.3 is 12.0 Å². The Hall–Kier alpha value is -1.52. The molecule has 1 atom stereocenters. The molecule has 0 radical (unpaired) electrons. The van der Waals surface area contributed by atoms with Crippen molar-refractivity contribution in [2.24, 2.45) is 0 Å². The second-order valence-corrected chi connectivity index (χ2v) is 4.68. The van der Waals surface area contributed by atoms with Gasteiger partial charge in [0, 0.05) is 6.04 Å². The number of carbonyl (C=O) groups is 2. The molecule has 1 unspecified atom stereocenters. The number of rotatable bonds is 5. The summed E-state index contributed by atoms with van der Waals surface area (Å²) in [4.78, 5) is 22.5. The molecule has 5 heteroatoms. The zero-order chi connectivity index (χ0) is 12.9. The molecule has 0 saturated heterocycles. The smallest absolute Gasteiger partial charge is 0.315 e. The van der Waals surface area contributed by atoms with Crippen LogP contribution in [-0.2, 0) is 4.79 Å². The van der Waals surface area contributed by atoms with Crippen LogP contribution in [0.3, 0.4) is 0 Å². The van der Waals surface area contributed by atoms with Crippen LogP contribution in [0.15, 0.2) is 12.7 Å². The van der Waals surface area contributed by atoms with Gasteiger partial charge in [0.05, 0.1) is 12.0 Å². The molecule has 0 aromatic rings. The highest BCUT2D eigenvalue weighted by molar-refractivity contribution is 5.77. The van der Waals surface area contributed by atoms with Crippen molar-refractivity contribution in [1.82, 2.24) is 10.6 Å². The van der Waals surface area contributed by atoms with E-state index in [-0.39, 0.29) is 18.5 Å². The Kier molecular flexibility index (Phi) is 4.54. The summed E-state index contributed by atoms with van der Waals surface area (Å²) in [6, 6.07) is -0.446. The molecule has 5 nitrogen and oxygen atoms in total. The second-order valence-electron chi connectivity index (χ2n) is 4.68. The molecular formula is C12H20N2O3. The molecule has 1 aliphatic carbocycles. The fraction of sp³-hybridized carbons (Fsp3) is 0.667. The zero-order valence-corrected chi connectivity index (χ0v) is 10.2. The minimum absolute atomic E-state index is 0.0110. The van der Waals surface area contributed by atoms with Gasteiger partial charge in [0.1, 0.15) is 0 Å². The number of carbonyl (C=O) groups excluding carboxylic acids is 1. The van der Waals surface area contributed by atoms with Crippen LogP contribution < -0.4 is 10.6 Å². The van der Waals surface area contributed by atoms with Crippen molar-refractivity contribution in [3.63, 3.8) is 0 Å². The van der Waals surface area contributed by atoms with Crippen molar-refractivity contribution in [2.45, 2.75) is 50.6 Å². The molecule has 3 N–H and O–H groups in total. The molecule has 0 aromatic carbocycles. The van der Waals surface area contributed by atoms with Gasteiger partial charge < -0.3 is 15.7 Å². The van der Waals surface area contributed by atoms with Crippen LogP contribution in [0.2, 0.25) is 0 Å². The van der Waals surface area contributed by atoms with Crippen molar-refractivity contribution in [3.8, 4) is 0 Å². The first kappa shape index (κ1) is 13.5. The van der Waals surface area contributed by atoms with Crippen molar-refractivity contribution < 1.29 is 14.7 Å². The molecule has 0 spiro atoms. The van der Waals surface area contributed by atoms with Gasteiger partial charge in [-0.15, -0.1) is 6.58 Å². The topological polar surface area (TPSA) is 78.4 Å². The summed E-state index contributed by atoms with van der Waals surface area (Å²) in [6.07, 6.45) is 5.00. The SMILES string of the molecule is C=CC(C)NC(=O)NC1(CC(=O)O)CCCC1. The molecule has 0 bridgehead atoms. The molecular weight excluding hydrogens is 220 g/mol.